The molecule has 0 bridgehead atoms. The number of carboxylic acids is 1. The average Bonchev–Trinajstić information content (AvgIpc) is 2.62. The lowest BCUT2D eigenvalue weighted by Gasteiger charge is -2.03. The third-order valence-corrected chi connectivity index (χ3v) is 4.40. The number of sulfone groups is 1. The zero-order valence-electron chi connectivity index (χ0n) is 8.67. The Morgan fingerprint density at radius 1 is 1.56 bits per heavy atom. The molecule has 0 amide bonds. The molecule has 1 rings (SSSR count). The van der Waals surface area contributed by atoms with Gasteiger partial charge in [0.2, 0.25) is 0 Å². The second kappa shape index (κ2) is 5.42. The van der Waals surface area contributed by atoms with Gasteiger partial charge in [-0.2, -0.15) is 0 Å². The van der Waals surface area contributed by atoms with Crippen molar-refractivity contribution in [3.8, 4) is 0 Å². The number of ether oxygens (including phenoxy) is 1. The van der Waals surface area contributed by atoms with Gasteiger partial charge >= 0.3 is 5.97 Å². The summed E-state index contributed by atoms with van der Waals surface area (Å²) in [5.74, 6) is -1.44. The molecule has 1 aromatic rings. The van der Waals surface area contributed by atoms with E-state index in [1.807, 2.05) is 0 Å². The summed E-state index contributed by atoms with van der Waals surface area (Å²) >= 11 is 1.03. The van der Waals surface area contributed by atoms with Crippen molar-refractivity contribution in [2.24, 2.45) is 0 Å². The molecule has 1 N–H and O–H groups in total. The second-order valence-electron chi connectivity index (χ2n) is 3.16. The minimum atomic E-state index is -3.30. The fourth-order valence-corrected chi connectivity index (χ4v) is 3.29. The summed E-state index contributed by atoms with van der Waals surface area (Å²) in [6.07, 6.45) is 0. The predicted molar refractivity (Wildman–Crippen MR) is 60.6 cm³/mol. The summed E-state index contributed by atoms with van der Waals surface area (Å²) in [6.45, 7) is 0.120. The van der Waals surface area contributed by atoms with Crippen LogP contribution in [0, 0.1) is 0 Å². The lowest BCUT2D eigenvalue weighted by Crippen LogP contribution is -2.14. The van der Waals surface area contributed by atoms with E-state index >= 15 is 0 Å². The van der Waals surface area contributed by atoms with Crippen LogP contribution in [0.5, 0.6) is 0 Å². The minimum Gasteiger partial charge on any atom is -0.477 e. The Hall–Kier alpha value is -0.920. The van der Waals surface area contributed by atoms with E-state index in [4.69, 9.17) is 5.11 Å². The van der Waals surface area contributed by atoms with Gasteiger partial charge < -0.3 is 9.84 Å². The van der Waals surface area contributed by atoms with Gasteiger partial charge in [-0.3, -0.25) is 0 Å². The van der Waals surface area contributed by atoms with Crippen LogP contribution in [0.1, 0.15) is 15.2 Å². The second-order valence-corrected chi connectivity index (χ2v) is 6.27. The summed E-state index contributed by atoms with van der Waals surface area (Å²) in [4.78, 5) is 10.9. The maximum absolute atomic E-state index is 11.6. The summed E-state index contributed by atoms with van der Waals surface area (Å²) < 4.78 is 27.8. The molecule has 1 aromatic heterocycles. The third-order valence-electron chi connectivity index (χ3n) is 1.91. The molecular weight excluding hydrogens is 252 g/mol. The summed E-state index contributed by atoms with van der Waals surface area (Å²) in [6, 6.07) is 1.53. The summed E-state index contributed by atoms with van der Waals surface area (Å²) in [5, 5.41) is 10.4. The first-order valence-corrected chi connectivity index (χ1v) is 7.15. The van der Waals surface area contributed by atoms with Crippen LogP contribution in [-0.2, 0) is 20.3 Å². The van der Waals surface area contributed by atoms with E-state index in [0.717, 1.165) is 11.3 Å². The smallest absolute Gasteiger partial charge is 0.346 e. The summed E-state index contributed by atoms with van der Waals surface area (Å²) in [5.41, 5.74) is 0.341. The molecule has 0 unspecified atom stereocenters. The van der Waals surface area contributed by atoms with Gasteiger partial charge in [0, 0.05) is 7.11 Å². The Labute approximate surface area is 97.6 Å². The van der Waals surface area contributed by atoms with Gasteiger partial charge in [0.25, 0.3) is 0 Å². The highest BCUT2D eigenvalue weighted by molar-refractivity contribution is 7.90. The van der Waals surface area contributed by atoms with Crippen molar-refractivity contribution in [2.75, 3.05) is 19.5 Å². The highest BCUT2D eigenvalue weighted by Crippen LogP contribution is 2.19. The number of methoxy groups -OCH3 is 1. The van der Waals surface area contributed by atoms with Crippen molar-refractivity contribution < 1.29 is 23.1 Å². The standard InChI is InChI=1S/C9H12O5S2/c1-14-3-5-16(12,13)6-7-2-4-15-8(7)9(10)11/h2,4H,3,5-6H2,1H3,(H,10,11). The molecule has 5 nitrogen and oxygen atoms in total. The predicted octanol–water partition coefficient (Wildman–Crippen LogP) is 1.01. The van der Waals surface area contributed by atoms with Crippen molar-refractivity contribution in [1.29, 1.82) is 0 Å². The maximum atomic E-state index is 11.6. The fourth-order valence-electron chi connectivity index (χ4n) is 1.16. The van der Waals surface area contributed by atoms with Crippen LogP contribution in [0.2, 0.25) is 0 Å². The van der Waals surface area contributed by atoms with E-state index in [2.05, 4.69) is 4.74 Å². The highest BCUT2D eigenvalue weighted by Gasteiger charge is 2.18. The van der Waals surface area contributed by atoms with Crippen LogP contribution in [0.4, 0.5) is 0 Å². The quantitative estimate of drug-likeness (QED) is 0.829. The lowest BCUT2D eigenvalue weighted by atomic mass is 10.3. The zero-order valence-corrected chi connectivity index (χ0v) is 10.3. The van der Waals surface area contributed by atoms with E-state index in [9.17, 15) is 13.2 Å². The molecule has 1 heterocycles. The molecule has 0 saturated carbocycles. The molecule has 0 saturated heterocycles. The number of carbonyl (C=O) groups is 1. The molecule has 0 fully saturated rings. The van der Waals surface area contributed by atoms with E-state index in [0.29, 0.717) is 5.56 Å². The van der Waals surface area contributed by atoms with Gasteiger partial charge in [-0.1, -0.05) is 0 Å². The van der Waals surface area contributed by atoms with Gasteiger partial charge in [-0.05, 0) is 17.0 Å². The third kappa shape index (κ3) is 3.58. The molecule has 0 spiro atoms. The largest absolute Gasteiger partial charge is 0.477 e. The molecule has 0 aliphatic heterocycles. The average molecular weight is 264 g/mol. The van der Waals surface area contributed by atoms with Crippen LogP contribution < -0.4 is 0 Å². The van der Waals surface area contributed by atoms with E-state index in [1.54, 1.807) is 5.38 Å². The first-order chi connectivity index (χ1) is 7.46. The van der Waals surface area contributed by atoms with Crippen LogP contribution in [0.3, 0.4) is 0 Å². The zero-order chi connectivity index (χ0) is 12.2. The maximum Gasteiger partial charge on any atom is 0.346 e. The molecule has 0 aliphatic carbocycles. The Morgan fingerprint density at radius 3 is 2.81 bits per heavy atom. The SMILES string of the molecule is COCCS(=O)(=O)Cc1ccsc1C(=O)O. The Kier molecular flexibility index (Phi) is 4.45. The van der Waals surface area contributed by atoms with Crippen molar-refractivity contribution >= 4 is 27.1 Å². The first-order valence-electron chi connectivity index (χ1n) is 4.45. The minimum absolute atomic E-state index is 0.0843. The van der Waals surface area contributed by atoms with Crippen molar-refractivity contribution in [3.05, 3.63) is 21.9 Å². The van der Waals surface area contributed by atoms with Crippen LogP contribution in [0.15, 0.2) is 11.4 Å². The molecular formula is C9H12O5S2. The van der Waals surface area contributed by atoms with Gasteiger partial charge in [-0.25, -0.2) is 13.2 Å². The first kappa shape index (κ1) is 13.1. The molecule has 7 heteroatoms. The van der Waals surface area contributed by atoms with Crippen molar-refractivity contribution in [1.82, 2.24) is 0 Å². The lowest BCUT2D eigenvalue weighted by molar-refractivity contribution is 0.0701. The monoisotopic (exact) mass is 264 g/mol. The Morgan fingerprint density at radius 2 is 2.25 bits per heavy atom. The van der Waals surface area contributed by atoms with E-state index < -0.39 is 15.8 Å². The molecule has 16 heavy (non-hydrogen) atoms. The number of aromatic carboxylic acids is 1. The molecule has 0 radical (unpaired) electrons. The molecule has 0 aromatic carbocycles. The van der Waals surface area contributed by atoms with Gasteiger partial charge in [-0.15, -0.1) is 11.3 Å². The summed E-state index contributed by atoms with van der Waals surface area (Å²) in [7, 11) is -1.88. The molecule has 0 aliphatic rings. The van der Waals surface area contributed by atoms with E-state index in [1.165, 1.54) is 13.2 Å². The Balaban J connectivity index is 2.80. The van der Waals surface area contributed by atoms with Crippen LogP contribution >= 0.6 is 11.3 Å². The topological polar surface area (TPSA) is 80.7 Å². The normalized spacial score (nSPS) is 11.6. The van der Waals surface area contributed by atoms with Crippen molar-refractivity contribution in [2.45, 2.75) is 5.75 Å². The number of hydrogen-bond acceptors (Lipinski definition) is 5. The fraction of sp³-hybridized carbons (Fsp3) is 0.444. The molecule has 90 valence electrons. The van der Waals surface area contributed by atoms with Gasteiger partial charge in [0.15, 0.2) is 9.84 Å². The number of thiophene rings is 1. The Bertz CT molecular complexity index is 460. The number of hydrogen-bond donors (Lipinski definition) is 1. The number of carboxylic acid groups (broad SMARTS) is 1. The van der Waals surface area contributed by atoms with Crippen LogP contribution in [0.25, 0.3) is 0 Å². The van der Waals surface area contributed by atoms with Gasteiger partial charge in [0.1, 0.15) is 4.88 Å². The highest BCUT2D eigenvalue weighted by atomic mass is 32.2. The number of rotatable bonds is 6. The van der Waals surface area contributed by atoms with Crippen molar-refractivity contribution in [3.63, 3.8) is 0 Å². The van der Waals surface area contributed by atoms with E-state index in [-0.39, 0.29) is 23.0 Å². The molecule has 0 atom stereocenters. The van der Waals surface area contributed by atoms with Crippen LogP contribution in [-0.4, -0.2) is 39.0 Å². The van der Waals surface area contributed by atoms with Gasteiger partial charge in [0.05, 0.1) is 18.1 Å².